The van der Waals surface area contributed by atoms with Gasteiger partial charge in [-0.05, 0) is 44.2 Å². The second-order valence-electron chi connectivity index (χ2n) is 5.45. The third kappa shape index (κ3) is 4.28. The Kier molecular flexibility index (Phi) is 5.86. The van der Waals surface area contributed by atoms with Gasteiger partial charge in [0, 0.05) is 29.9 Å². The summed E-state index contributed by atoms with van der Waals surface area (Å²) < 4.78 is 19.4. The third-order valence-electron chi connectivity index (χ3n) is 3.31. The van der Waals surface area contributed by atoms with Gasteiger partial charge in [0.15, 0.2) is 7.95 Å². The Morgan fingerprint density at radius 3 is 2.25 bits per heavy atom. The number of hydrogen-bond donors (Lipinski definition) is 0. The molecule has 0 aliphatic rings. The predicted octanol–water partition coefficient (Wildman–Crippen LogP) is 5.36. The van der Waals surface area contributed by atoms with Crippen LogP contribution in [0.2, 0.25) is 5.02 Å². The molecule has 2 rings (SSSR count). The van der Waals surface area contributed by atoms with Crippen LogP contribution in [0.25, 0.3) is 0 Å². The summed E-state index contributed by atoms with van der Waals surface area (Å²) in [5, 5.41) is 11.9. The molecule has 0 radical (unpaired) electrons. The van der Waals surface area contributed by atoms with Crippen LogP contribution in [-0.4, -0.2) is 17.6 Å². The maximum Gasteiger partial charge on any atom is 0.293 e. The molecule has 2 aromatic carbocycles. The largest absolute Gasteiger partial charge is 0.457 e. The second-order valence-corrected chi connectivity index (χ2v) is 7.40. The minimum absolute atomic E-state index is 0.104. The van der Waals surface area contributed by atoms with Gasteiger partial charge in [0.2, 0.25) is 0 Å². The van der Waals surface area contributed by atoms with Crippen molar-refractivity contribution in [3.8, 4) is 11.5 Å². The number of rotatable bonds is 6. The number of nitro groups is 1. The number of hydrogen-bond acceptors (Lipinski definition) is 4. The predicted molar refractivity (Wildman–Crippen MR) is 97.2 cm³/mol. The van der Waals surface area contributed by atoms with Crippen LogP contribution < -0.4 is 9.41 Å². The summed E-state index contributed by atoms with van der Waals surface area (Å²) in [5.74, 6) is 0.978. The molecule has 0 saturated carbocycles. The van der Waals surface area contributed by atoms with Gasteiger partial charge in [0.25, 0.3) is 5.69 Å². The van der Waals surface area contributed by atoms with Crippen molar-refractivity contribution < 1.29 is 14.2 Å². The van der Waals surface area contributed by atoms with Crippen molar-refractivity contribution in [3.05, 3.63) is 57.6 Å². The lowest BCUT2D eigenvalue weighted by atomic mass is 10.2. The summed E-state index contributed by atoms with van der Waals surface area (Å²) in [7, 11) is -2.17. The van der Waals surface area contributed by atoms with E-state index in [9.17, 15) is 14.7 Å². The molecule has 0 amide bonds. The number of ether oxygens (including phenoxy) is 1. The Morgan fingerprint density at radius 1 is 1.17 bits per heavy atom. The fourth-order valence-corrected chi connectivity index (χ4v) is 3.74. The molecule has 0 spiro atoms. The van der Waals surface area contributed by atoms with Crippen LogP contribution in [0.3, 0.4) is 0 Å². The zero-order valence-corrected chi connectivity index (χ0v) is 15.3. The molecule has 0 bridgehead atoms. The SMILES string of the molecule is CC(C)N(c1cc(Oc2ccc(Cl)cc2)ccc1[N+](=O)[O-])[PH](C)=O. The minimum atomic E-state index is -2.17. The van der Waals surface area contributed by atoms with Gasteiger partial charge >= 0.3 is 0 Å². The van der Waals surface area contributed by atoms with E-state index >= 15 is 0 Å². The van der Waals surface area contributed by atoms with E-state index in [1.165, 1.54) is 12.1 Å². The first-order valence-corrected chi connectivity index (χ1v) is 9.54. The Morgan fingerprint density at radius 2 is 1.75 bits per heavy atom. The highest BCUT2D eigenvalue weighted by Gasteiger charge is 2.24. The van der Waals surface area contributed by atoms with Gasteiger partial charge < -0.3 is 14.0 Å². The number of benzene rings is 2. The average Bonchev–Trinajstić information content (AvgIpc) is 2.49. The van der Waals surface area contributed by atoms with Crippen molar-refractivity contribution >= 4 is 30.9 Å². The van der Waals surface area contributed by atoms with Crippen LogP contribution in [0, 0.1) is 10.1 Å². The molecule has 0 aromatic heterocycles. The Bertz CT molecular complexity index is 765. The first-order valence-electron chi connectivity index (χ1n) is 7.31. The van der Waals surface area contributed by atoms with Gasteiger partial charge in [0.05, 0.1) is 4.92 Å². The Labute approximate surface area is 146 Å². The van der Waals surface area contributed by atoms with Crippen molar-refractivity contribution in [2.24, 2.45) is 0 Å². The fourth-order valence-electron chi connectivity index (χ4n) is 2.36. The summed E-state index contributed by atoms with van der Waals surface area (Å²) in [4.78, 5) is 10.8. The Balaban J connectivity index is 2.45. The highest BCUT2D eigenvalue weighted by molar-refractivity contribution is 7.45. The molecule has 0 fully saturated rings. The molecule has 128 valence electrons. The normalized spacial score (nSPS) is 12.0. The average molecular weight is 369 g/mol. The molecule has 24 heavy (non-hydrogen) atoms. The summed E-state index contributed by atoms with van der Waals surface area (Å²) in [6, 6.07) is 11.0. The number of anilines is 1. The lowest BCUT2D eigenvalue weighted by Crippen LogP contribution is -2.23. The van der Waals surface area contributed by atoms with Gasteiger partial charge in [-0.2, -0.15) is 0 Å². The molecular formula is C16H18ClN2O4P. The summed E-state index contributed by atoms with van der Waals surface area (Å²) in [6.07, 6.45) is 0. The van der Waals surface area contributed by atoms with Crippen LogP contribution in [0.15, 0.2) is 42.5 Å². The molecule has 2 aromatic rings. The number of nitrogens with zero attached hydrogens (tertiary/aromatic N) is 2. The Hall–Kier alpha value is -2.04. The van der Waals surface area contributed by atoms with E-state index in [0.717, 1.165) is 0 Å². The molecule has 0 aliphatic heterocycles. The molecule has 8 heteroatoms. The third-order valence-corrected chi connectivity index (χ3v) is 5.00. The van der Waals surface area contributed by atoms with Crippen LogP contribution in [0.5, 0.6) is 11.5 Å². The topological polar surface area (TPSA) is 72.7 Å². The molecule has 0 heterocycles. The van der Waals surface area contributed by atoms with Crippen LogP contribution >= 0.6 is 19.6 Å². The van der Waals surface area contributed by atoms with Crippen molar-refractivity contribution in [3.63, 3.8) is 0 Å². The van der Waals surface area contributed by atoms with E-state index in [1.807, 2.05) is 13.8 Å². The maximum atomic E-state index is 12.1. The van der Waals surface area contributed by atoms with Crippen molar-refractivity contribution in [1.82, 2.24) is 0 Å². The fraction of sp³-hybridized carbons (Fsp3) is 0.250. The zero-order valence-electron chi connectivity index (χ0n) is 13.5. The highest BCUT2D eigenvalue weighted by Crippen LogP contribution is 2.41. The second kappa shape index (κ2) is 7.69. The van der Waals surface area contributed by atoms with E-state index < -0.39 is 12.9 Å². The molecule has 0 N–H and O–H groups in total. The number of halogens is 1. The van der Waals surface area contributed by atoms with Gasteiger partial charge in [0.1, 0.15) is 17.2 Å². The van der Waals surface area contributed by atoms with E-state index in [0.29, 0.717) is 16.5 Å². The quantitative estimate of drug-likeness (QED) is 0.390. The van der Waals surface area contributed by atoms with Gasteiger partial charge in [-0.3, -0.25) is 10.1 Å². The summed E-state index contributed by atoms with van der Waals surface area (Å²) >= 11 is 5.84. The van der Waals surface area contributed by atoms with Crippen molar-refractivity contribution in [1.29, 1.82) is 0 Å². The monoisotopic (exact) mass is 368 g/mol. The van der Waals surface area contributed by atoms with Gasteiger partial charge in [-0.25, -0.2) is 0 Å². The zero-order chi connectivity index (χ0) is 17.9. The first kappa shape index (κ1) is 18.3. The van der Waals surface area contributed by atoms with E-state index in [1.54, 1.807) is 41.7 Å². The lowest BCUT2D eigenvalue weighted by Gasteiger charge is -2.26. The summed E-state index contributed by atoms with van der Waals surface area (Å²) in [6.45, 7) is 5.23. The number of nitro benzene ring substituents is 1. The lowest BCUT2D eigenvalue weighted by molar-refractivity contribution is -0.384. The molecular weight excluding hydrogens is 351 g/mol. The van der Waals surface area contributed by atoms with Crippen LogP contribution in [-0.2, 0) is 4.57 Å². The molecule has 6 nitrogen and oxygen atoms in total. The van der Waals surface area contributed by atoms with E-state index in [-0.39, 0.29) is 17.4 Å². The van der Waals surface area contributed by atoms with E-state index in [2.05, 4.69) is 0 Å². The summed E-state index contributed by atoms with van der Waals surface area (Å²) in [5.41, 5.74) is 0.181. The minimum Gasteiger partial charge on any atom is -0.457 e. The van der Waals surface area contributed by atoms with Gasteiger partial charge in [-0.15, -0.1) is 0 Å². The molecule has 0 aliphatic carbocycles. The molecule has 1 unspecified atom stereocenters. The van der Waals surface area contributed by atoms with Gasteiger partial charge in [-0.1, -0.05) is 11.6 Å². The van der Waals surface area contributed by atoms with E-state index in [4.69, 9.17) is 16.3 Å². The maximum absolute atomic E-state index is 12.1. The van der Waals surface area contributed by atoms with Crippen LogP contribution in [0.4, 0.5) is 11.4 Å². The van der Waals surface area contributed by atoms with Crippen molar-refractivity contribution in [2.75, 3.05) is 11.3 Å². The standard InChI is InChI=1S/C16H18ClN2O4P/c1-11(2)18(24(3)22)16-10-14(8-9-15(16)19(20)21)23-13-6-4-12(17)5-7-13/h4-11,24H,1-3H3. The smallest absolute Gasteiger partial charge is 0.293 e. The van der Waals surface area contributed by atoms with Crippen molar-refractivity contribution in [2.45, 2.75) is 19.9 Å². The first-order chi connectivity index (χ1) is 11.3. The highest BCUT2D eigenvalue weighted by atomic mass is 35.5. The molecule has 1 atom stereocenters. The molecule has 0 saturated heterocycles. The van der Waals surface area contributed by atoms with Crippen LogP contribution in [0.1, 0.15) is 13.8 Å².